The maximum atomic E-state index is 8.93. The van der Waals surface area contributed by atoms with Gasteiger partial charge >= 0.3 is 124 Å². The molecular formula is C6H4K2O14Ti. The van der Waals surface area contributed by atoms with Gasteiger partial charge in [-0.25, -0.2) is 0 Å². The topological polar surface area (TPSA) is 304 Å². The predicted molar refractivity (Wildman–Crippen MR) is 37.3 cm³/mol. The molecule has 0 aliphatic heterocycles. The second-order valence-corrected chi connectivity index (χ2v) is 1.72. The molecule has 0 saturated heterocycles. The van der Waals surface area contributed by atoms with Gasteiger partial charge in [-0.2, -0.15) is 0 Å². The molecule has 23 heavy (non-hydrogen) atoms. The zero-order chi connectivity index (χ0) is 15.5. The van der Waals surface area contributed by atoms with Crippen LogP contribution in [0.5, 0.6) is 0 Å². The van der Waals surface area contributed by atoms with Crippen LogP contribution in [-0.4, -0.2) is 46.8 Å². The summed E-state index contributed by atoms with van der Waals surface area (Å²) in [6.07, 6.45) is 0. The molecule has 0 bridgehead atoms. The van der Waals surface area contributed by atoms with Crippen LogP contribution in [0.1, 0.15) is 0 Å². The van der Waals surface area contributed by atoms with E-state index >= 15 is 0 Å². The van der Waals surface area contributed by atoms with Gasteiger partial charge in [0, 0.05) is 0 Å². The van der Waals surface area contributed by atoms with E-state index in [1.807, 2.05) is 0 Å². The van der Waals surface area contributed by atoms with Crippen LogP contribution < -0.4 is 133 Å². The first-order valence-corrected chi connectivity index (χ1v) is 3.20. The monoisotopic (exact) mass is 426 g/mol. The summed E-state index contributed by atoms with van der Waals surface area (Å²) in [4.78, 5) is 53.6. The maximum absolute atomic E-state index is 8.93. The van der Waals surface area contributed by atoms with E-state index in [2.05, 4.69) is 0 Å². The number of hydrogen-bond acceptors (Lipinski definition) is 12. The smallest absolute Gasteiger partial charge is 0.543 e. The Bertz CT molecular complexity index is 288. The van der Waals surface area contributed by atoms with Gasteiger partial charge in [0.15, 0.2) is 0 Å². The van der Waals surface area contributed by atoms with Crippen molar-refractivity contribution >= 4 is 35.8 Å². The van der Waals surface area contributed by atoms with Crippen LogP contribution in [0.3, 0.4) is 0 Å². The van der Waals surface area contributed by atoms with Crippen LogP contribution in [0.2, 0.25) is 0 Å². The summed E-state index contributed by atoms with van der Waals surface area (Å²) in [7, 11) is 0. The molecule has 0 aliphatic rings. The van der Waals surface area contributed by atoms with Gasteiger partial charge in [0.25, 0.3) is 0 Å². The van der Waals surface area contributed by atoms with Crippen molar-refractivity contribution in [1.82, 2.24) is 0 Å². The van der Waals surface area contributed by atoms with E-state index in [0.717, 1.165) is 0 Å². The minimum absolute atomic E-state index is 0. The normalized spacial score (nSPS) is 5.74. The van der Waals surface area contributed by atoms with Crippen LogP contribution in [-0.2, 0) is 50.5 Å². The Morgan fingerprint density at radius 3 is 0.435 bits per heavy atom. The number of carbonyl (C=O) groups excluding carboxylic acids is 6. The van der Waals surface area contributed by atoms with Gasteiger partial charge in [0.1, 0.15) is 0 Å². The molecule has 0 saturated carbocycles. The first kappa shape index (κ1) is 49.5. The van der Waals surface area contributed by atoms with E-state index in [-0.39, 0.29) is 135 Å². The molecule has 0 aromatic heterocycles. The fourth-order valence-corrected chi connectivity index (χ4v) is 0. The fraction of sp³-hybridized carbons (Fsp3) is 0. The summed E-state index contributed by atoms with van der Waals surface area (Å²) in [6, 6.07) is 0. The minimum Gasteiger partial charge on any atom is -0.543 e. The van der Waals surface area contributed by atoms with Crippen molar-refractivity contribution in [2.24, 2.45) is 0 Å². The first-order chi connectivity index (χ1) is 7.93. The minimum atomic E-state index is -2.19. The molecule has 0 rings (SSSR count). The SMILES string of the molecule is O.O.O=C([O-])C(=O)[O-].O=C([O-])C(=O)[O-].O=C([O-])C(=O)[O-].[K+].[K+].[Ti+4]. The predicted octanol–water partition coefficient (Wildman–Crippen LogP) is -18.2. The largest absolute Gasteiger partial charge is 4.00 e. The second-order valence-electron chi connectivity index (χ2n) is 1.72. The van der Waals surface area contributed by atoms with Gasteiger partial charge in [-0.15, -0.1) is 0 Å². The Kier molecular flexibility index (Phi) is 65.9. The van der Waals surface area contributed by atoms with E-state index in [1.165, 1.54) is 0 Å². The molecule has 14 nitrogen and oxygen atoms in total. The van der Waals surface area contributed by atoms with Gasteiger partial charge in [-0.1, -0.05) is 0 Å². The van der Waals surface area contributed by atoms with Crippen molar-refractivity contribution in [1.29, 1.82) is 0 Å². The summed E-state index contributed by atoms with van der Waals surface area (Å²) in [5, 5.41) is 53.6. The van der Waals surface area contributed by atoms with Gasteiger partial charge in [-0.05, 0) is 0 Å². The van der Waals surface area contributed by atoms with Crippen LogP contribution >= 0.6 is 0 Å². The van der Waals surface area contributed by atoms with E-state index in [1.54, 1.807) is 0 Å². The number of rotatable bonds is 0. The molecule has 4 N–H and O–H groups in total. The van der Waals surface area contributed by atoms with Crippen LogP contribution in [0.15, 0.2) is 0 Å². The van der Waals surface area contributed by atoms with Gasteiger partial charge in [0.05, 0.1) is 35.8 Å². The second kappa shape index (κ2) is 30.6. The molecule has 0 heterocycles. The number of hydrogen-bond donors (Lipinski definition) is 0. The van der Waals surface area contributed by atoms with E-state index in [4.69, 9.17) is 59.4 Å². The molecule has 0 unspecified atom stereocenters. The Morgan fingerprint density at radius 2 is 0.435 bits per heavy atom. The zero-order valence-corrected chi connectivity index (χ0v) is 19.2. The van der Waals surface area contributed by atoms with Crippen molar-refractivity contribution in [3.05, 3.63) is 0 Å². The third kappa shape index (κ3) is 60.3. The average Bonchev–Trinajstić information content (AvgIpc) is 2.18. The van der Waals surface area contributed by atoms with Crippen molar-refractivity contribution in [2.75, 3.05) is 0 Å². The first-order valence-electron chi connectivity index (χ1n) is 3.20. The Labute approximate surface area is 226 Å². The summed E-state index contributed by atoms with van der Waals surface area (Å²) >= 11 is 0. The fourth-order valence-electron chi connectivity index (χ4n) is 0. The summed E-state index contributed by atoms with van der Waals surface area (Å²) in [5.74, 6) is -13.1. The Balaban J connectivity index is -0.0000000221. The molecule has 0 spiro atoms. The van der Waals surface area contributed by atoms with E-state index < -0.39 is 35.8 Å². The summed E-state index contributed by atoms with van der Waals surface area (Å²) in [5.41, 5.74) is 0. The maximum Gasteiger partial charge on any atom is 4.00 e. The van der Waals surface area contributed by atoms with E-state index in [9.17, 15) is 0 Å². The molecule has 0 amide bonds. The van der Waals surface area contributed by atoms with Crippen molar-refractivity contribution in [3.8, 4) is 0 Å². The van der Waals surface area contributed by atoms with Gasteiger partial charge in [-0.3, -0.25) is 0 Å². The molecule has 0 atom stereocenters. The molecular weight excluding hydrogens is 422 g/mol. The number of carboxylic acid groups (broad SMARTS) is 6. The van der Waals surface area contributed by atoms with Crippen molar-refractivity contribution in [2.45, 2.75) is 0 Å². The van der Waals surface area contributed by atoms with Crippen molar-refractivity contribution in [3.63, 3.8) is 0 Å². The molecule has 0 aromatic rings. The van der Waals surface area contributed by atoms with Crippen molar-refractivity contribution < 1.29 is 195 Å². The van der Waals surface area contributed by atoms with Gasteiger partial charge < -0.3 is 70.4 Å². The average molecular weight is 426 g/mol. The quantitative estimate of drug-likeness (QED) is 0.257. The van der Waals surface area contributed by atoms with Gasteiger partial charge in [0.2, 0.25) is 0 Å². The summed E-state index contributed by atoms with van der Waals surface area (Å²) in [6.45, 7) is 0. The molecule has 0 aliphatic carbocycles. The third-order valence-corrected chi connectivity index (χ3v) is 0.500. The number of carbonyl (C=O) groups is 6. The molecule has 0 aromatic carbocycles. The molecule has 0 radical (unpaired) electrons. The van der Waals surface area contributed by atoms with Crippen LogP contribution in [0, 0.1) is 0 Å². The standard InChI is InChI=1S/3C2H2O4.2K.2H2O.Ti/c3*3-1(4)2(5)6;;;;;/h3*(H,3,4)(H,5,6);;;2*1H2;/q;;;2*+1;;;+4/p-6. The number of carboxylic acids is 6. The molecule has 0 fully saturated rings. The third-order valence-electron chi connectivity index (χ3n) is 0.500. The summed E-state index contributed by atoms with van der Waals surface area (Å²) < 4.78 is 0. The van der Waals surface area contributed by atoms with E-state index in [0.29, 0.717) is 0 Å². The van der Waals surface area contributed by atoms with Crippen LogP contribution in [0.4, 0.5) is 0 Å². The zero-order valence-electron chi connectivity index (χ0n) is 11.4. The number of aliphatic carboxylic acids is 6. The Hall–Kier alpha value is 0.727. The van der Waals surface area contributed by atoms with Crippen LogP contribution in [0.25, 0.3) is 0 Å². The molecule has 17 heteroatoms. The molecule has 118 valence electrons. The Morgan fingerprint density at radius 1 is 0.391 bits per heavy atom.